The predicted octanol–water partition coefficient (Wildman–Crippen LogP) is 4.41. The van der Waals surface area contributed by atoms with Gasteiger partial charge in [0.2, 0.25) is 0 Å². The number of rotatable bonds is 1. The van der Waals surface area contributed by atoms with Gasteiger partial charge in [-0.1, -0.05) is 25.5 Å². The summed E-state index contributed by atoms with van der Waals surface area (Å²) in [6.07, 6.45) is 13.6. The molecule has 0 bridgehead atoms. The summed E-state index contributed by atoms with van der Waals surface area (Å²) < 4.78 is 1.86. The quantitative estimate of drug-likeness (QED) is 0.692. The summed E-state index contributed by atoms with van der Waals surface area (Å²) in [5.74, 6) is 1.88. The molecule has 0 aliphatic heterocycles. The van der Waals surface area contributed by atoms with E-state index in [0.717, 1.165) is 49.8 Å². The molecule has 0 aromatic carbocycles. The fraction of sp³-hybridized carbons (Fsp3) is 0.720. The van der Waals surface area contributed by atoms with E-state index < -0.39 is 0 Å². The number of allylic oxidation sites excluding steroid dienone is 1. The van der Waals surface area contributed by atoms with Gasteiger partial charge in [0, 0.05) is 24.2 Å². The average molecular weight is 397 g/mol. The normalized spacial score (nSPS) is 45.5. The number of fused-ring (bicyclic) bond motifs is 5. The van der Waals surface area contributed by atoms with Gasteiger partial charge in [0.1, 0.15) is 0 Å². The summed E-state index contributed by atoms with van der Waals surface area (Å²) in [5, 5.41) is 26.0. The molecule has 4 aliphatic rings. The Morgan fingerprint density at radius 2 is 1.93 bits per heavy atom. The predicted molar refractivity (Wildman–Crippen MR) is 115 cm³/mol. The smallest absolute Gasteiger partial charge is 0.0809 e. The molecule has 1 heterocycles. The van der Waals surface area contributed by atoms with Gasteiger partial charge in [-0.15, -0.1) is 0 Å². The summed E-state index contributed by atoms with van der Waals surface area (Å²) in [6.45, 7) is 6.84. The van der Waals surface area contributed by atoms with Crippen LogP contribution < -0.4 is 0 Å². The molecule has 1 aromatic heterocycles. The third kappa shape index (κ3) is 2.82. The van der Waals surface area contributed by atoms with Crippen molar-refractivity contribution in [1.82, 2.24) is 9.78 Å². The molecule has 5 rings (SSSR count). The monoisotopic (exact) mass is 396 g/mol. The van der Waals surface area contributed by atoms with Crippen molar-refractivity contribution in [3.8, 4) is 0 Å². The highest BCUT2D eigenvalue weighted by Gasteiger charge is 2.59. The van der Waals surface area contributed by atoms with Crippen molar-refractivity contribution in [2.24, 2.45) is 35.6 Å². The maximum Gasteiger partial charge on any atom is 0.0809 e. The van der Waals surface area contributed by atoms with E-state index in [4.69, 9.17) is 0 Å². The first-order chi connectivity index (χ1) is 13.7. The second kappa shape index (κ2) is 6.55. The zero-order chi connectivity index (χ0) is 20.6. The Balaban J connectivity index is 1.48. The van der Waals surface area contributed by atoms with Crippen LogP contribution in [0.3, 0.4) is 0 Å². The highest BCUT2D eigenvalue weighted by atomic mass is 16.3. The van der Waals surface area contributed by atoms with Crippen molar-refractivity contribution < 1.29 is 10.2 Å². The summed E-state index contributed by atoms with van der Waals surface area (Å²) in [6, 6.07) is 0. The summed E-state index contributed by atoms with van der Waals surface area (Å²) in [5.41, 5.74) is 5.12. The molecule has 4 heteroatoms. The van der Waals surface area contributed by atoms with E-state index >= 15 is 0 Å². The van der Waals surface area contributed by atoms with Crippen LogP contribution in [0.15, 0.2) is 23.4 Å². The Hall–Kier alpha value is -1.39. The van der Waals surface area contributed by atoms with Crippen molar-refractivity contribution >= 4 is 6.08 Å². The number of nitrogens with zero attached hydrogens (tertiary/aromatic N) is 2. The average Bonchev–Trinajstić information content (AvgIpc) is 3.12. The van der Waals surface area contributed by atoms with Gasteiger partial charge < -0.3 is 10.2 Å². The molecule has 0 saturated heterocycles. The van der Waals surface area contributed by atoms with E-state index in [0.29, 0.717) is 17.8 Å². The minimum Gasteiger partial charge on any atom is -0.393 e. The Morgan fingerprint density at radius 1 is 1.14 bits per heavy atom. The molecule has 0 spiro atoms. The van der Waals surface area contributed by atoms with Crippen LogP contribution in [0.1, 0.15) is 70.1 Å². The lowest BCUT2D eigenvalue weighted by atomic mass is 9.48. The molecule has 3 saturated carbocycles. The van der Waals surface area contributed by atoms with Crippen molar-refractivity contribution in [3.05, 3.63) is 34.7 Å². The van der Waals surface area contributed by atoms with E-state index in [2.05, 4.69) is 37.3 Å². The SMILES string of the molecule is Cc1nn(C)cc1/C=C1/C[C@H]2[C@@H]3CC=C4C[C@H](O)CC[C@]4(C)[C@H]3CC[C@]2(C)[C@@H]1O. The number of hydrogen-bond acceptors (Lipinski definition) is 3. The number of aliphatic hydroxyl groups is 2. The van der Waals surface area contributed by atoms with Crippen LogP contribution in [0.25, 0.3) is 6.08 Å². The van der Waals surface area contributed by atoms with E-state index in [9.17, 15) is 10.2 Å². The van der Waals surface area contributed by atoms with E-state index in [1.165, 1.54) is 17.6 Å². The summed E-state index contributed by atoms with van der Waals surface area (Å²) in [7, 11) is 1.96. The third-order valence-electron chi connectivity index (χ3n) is 9.34. The summed E-state index contributed by atoms with van der Waals surface area (Å²) in [4.78, 5) is 0. The molecule has 2 N–H and O–H groups in total. The van der Waals surface area contributed by atoms with Gasteiger partial charge in [-0.3, -0.25) is 4.68 Å². The molecule has 158 valence electrons. The molecule has 4 nitrogen and oxygen atoms in total. The lowest BCUT2D eigenvalue weighted by molar-refractivity contribution is -0.0685. The Bertz CT molecular complexity index is 883. The number of aliphatic hydroxyl groups excluding tert-OH is 2. The first-order valence-corrected chi connectivity index (χ1v) is 11.5. The zero-order valence-corrected chi connectivity index (χ0v) is 18.4. The van der Waals surface area contributed by atoms with Crippen LogP contribution in [0, 0.1) is 35.5 Å². The van der Waals surface area contributed by atoms with Crippen molar-refractivity contribution in [1.29, 1.82) is 0 Å². The maximum atomic E-state index is 11.4. The van der Waals surface area contributed by atoms with Crippen LogP contribution in [0.2, 0.25) is 0 Å². The van der Waals surface area contributed by atoms with E-state index in [1.807, 2.05) is 18.7 Å². The van der Waals surface area contributed by atoms with Crippen LogP contribution >= 0.6 is 0 Å². The van der Waals surface area contributed by atoms with Crippen LogP contribution in [-0.2, 0) is 7.05 Å². The van der Waals surface area contributed by atoms with Gasteiger partial charge in [-0.05, 0) is 86.7 Å². The molecule has 7 atom stereocenters. The van der Waals surface area contributed by atoms with Crippen LogP contribution in [0.5, 0.6) is 0 Å². The highest BCUT2D eigenvalue weighted by molar-refractivity contribution is 5.57. The lowest BCUT2D eigenvalue weighted by Gasteiger charge is -2.57. The Morgan fingerprint density at radius 3 is 2.66 bits per heavy atom. The molecule has 1 aromatic rings. The van der Waals surface area contributed by atoms with Gasteiger partial charge in [0.05, 0.1) is 17.9 Å². The Kier molecular flexibility index (Phi) is 4.42. The van der Waals surface area contributed by atoms with Gasteiger partial charge in [0.15, 0.2) is 0 Å². The first kappa shape index (κ1) is 19.6. The molecule has 0 amide bonds. The largest absolute Gasteiger partial charge is 0.393 e. The fourth-order valence-corrected chi connectivity index (χ4v) is 7.60. The number of aromatic nitrogens is 2. The van der Waals surface area contributed by atoms with Gasteiger partial charge in [0.25, 0.3) is 0 Å². The van der Waals surface area contributed by atoms with E-state index in [1.54, 1.807) is 0 Å². The van der Waals surface area contributed by atoms with Gasteiger partial charge in [-0.2, -0.15) is 5.10 Å². The van der Waals surface area contributed by atoms with Crippen molar-refractivity contribution in [3.63, 3.8) is 0 Å². The second-order valence-corrected chi connectivity index (χ2v) is 10.9. The number of aryl methyl sites for hydroxylation is 2. The topological polar surface area (TPSA) is 58.3 Å². The molecule has 0 radical (unpaired) electrons. The molecule has 3 fully saturated rings. The van der Waals surface area contributed by atoms with Crippen LogP contribution in [-0.4, -0.2) is 32.2 Å². The zero-order valence-electron chi connectivity index (χ0n) is 18.4. The van der Waals surface area contributed by atoms with Crippen molar-refractivity contribution in [2.75, 3.05) is 0 Å². The van der Waals surface area contributed by atoms with Crippen molar-refractivity contribution in [2.45, 2.75) is 77.9 Å². The fourth-order valence-electron chi connectivity index (χ4n) is 7.60. The van der Waals surface area contributed by atoms with Gasteiger partial charge in [-0.25, -0.2) is 0 Å². The molecular formula is C25H36N2O2. The summed E-state index contributed by atoms with van der Waals surface area (Å²) >= 11 is 0. The lowest BCUT2D eigenvalue weighted by Crippen LogP contribution is -2.51. The van der Waals surface area contributed by atoms with Crippen LogP contribution in [0.4, 0.5) is 0 Å². The first-order valence-electron chi connectivity index (χ1n) is 11.5. The molecule has 4 aliphatic carbocycles. The van der Waals surface area contributed by atoms with E-state index in [-0.39, 0.29) is 23.0 Å². The Labute approximate surface area is 174 Å². The highest BCUT2D eigenvalue weighted by Crippen LogP contribution is 2.65. The molecular weight excluding hydrogens is 360 g/mol. The second-order valence-electron chi connectivity index (χ2n) is 10.9. The maximum absolute atomic E-state index is 11.4. The number of hydrogen-bond donors (Lipinski definition) is 2. The van der Waals surface area contributed by atoms with Gasteiger partial charge >= 0.3 is 0 Å². The third-order valence-corrected chi connectivity index (χ3v) is 9.34. The molecule has 29 heavy (non-hydrogen) atoms. The minimum atomic E-state index is -0.348. The standard InChI is InChI=1S/C25H36N2O2/c1-15-17(14-27(4)26-15)11-16-12-22-20-6-5-18-13-19(28)7-9-24(18,2)21(20)8-10-25(22,3)23(16)29/h5,11,14,19-23,28-29H,6-10,12-13H2,1-4H3/b16-11-/t19-,20-,21+,22+,23-,24+,25+/m1/s1. The minimum absolute atomic E-state index is 0.0149. The molecule has 0 unspecified atom stereocenters.